The van der Waals surface area contributed by atoms with Gasteiger partial charge >= 0.3 is 6.18 Å². The summed E-state index contributed by atoms with van der Waals surface area (Å²) in [5.41, 5.74) is 0.0959. The lowest BCUT2D eigenvalue weighted by atomic mass is 9.85. The third-order valence-electron chi connectivity index (χ3n) is 4.29. The summed E-state index contributed by atoms with van der Waals surface area (Å²) in [6.07, 6.45) is -2.36. The van der Waals surface area contributed by atoms with Crippen molar-refractivity contribution in [2.75, 3.05) is 26.8 Å². The van der Waals surface area contributed by atoms with Crippen LogP contribution in [0.5, 0.6) is 0 Å². The van der Waals surface area contributed by atoms with Crippen LogP contribution in [0.4, 0.5) is 13.2 Å². The number of nitrogens with one attached hydrogen (secondary N) is 2. The molecule has 2 fully saturated rings. The van der Waals surface area contributed by atoms with Crippen LogP contribution in [0.1, 0.15) is 32.6 Å². The van der Waals surface area contributed by atoms with Crippen LogP contribution in [0, 0.1) is 11.3 Å². The van der Waals surface area contributed by atoms with Crippen LogP contribution in [-0.4, -0.2) is 45.0 Å². The summed E-state index contributed by atoms with van der Waals surface area (Å²) in [5, 5.41) is 6.32. The molecule has 0 aromatic carbocycles. The van der Waals surface area contributed by atoms with Gasteiger partial charge in [0.25, 0.3) is 0 Å². The molecule has 0 radical (unpaired) electrons. The quantitative estimate of drug-likeness (QED) is 0.621. The molecule has 2 N–H and O–H groups in total. The van der Waals surface area contributed by atoms with Gasteiger partial charge < -0.3 is 15.4 Å². The zero-order valence-electron chi connectivity index (χ0n) is 12.6. The molecule has 0 spiro atoms. The number of aliphatic imine (C=N–C) groups is 1. The maximum Gasteiger partial charge on any atom is 0.391 e. The summed E-state index contributed by atoms with van der Waals surface area (Å²) in [7, 11) is 1.64. The summed E-state index contributed by atoms with van der Waals surface area (Å²) in [6.45, 7) is 4.23. The number of nitrogens with zero attached hydrogens (tertiary/aromatic N) is 1. The Hall–Kier alpha value is -0.980. The average molecular weight is 307 g/mol. The number of guanidine groups is 1. The van der Waals surface area contributed by atoms with Gasteiger partial charge in [-0.05, 0) is 19.3 Å². The minimum absolute atomic E-state index is 0.0959. The fraction of sp³-hybridized carbons (Fsp3) is 0.929. The van der Waals surface area contributed by atoms with Gasteiger partial charge in [0.2, 0.25) is 0 Å². The van der Waals surface area contributed by atoms with Crippen LogP contribution in [0.15, 0.2) is 4.99 Å². The highest BCUT2D eigenvalue weighted by atomic mass is 19.4. The maximum atomic E-state index is 12.8. The molecular formula is C14H24F3N3O. The Bertz CT molecular complexity index is 380. The molecule has 122 valence electrons. The van der Waals surface area contributed by atoms with E-state index in [1.807, 2.05) is 0 Å². The van der Waals surface area contributed by atoms with E-state index in [0.29, 0.717) is 32.1 Å². The summed E-state index contributed by atoms with van der Waals surface area (Å²) in [5.74, 6) is -0.615. The molecule has 2 atom stereocenters. The number of halogens is 3. The Labute approximate surface area is 123 Å². The minimum Gasteiger partial charge on any atom is -0.380 e. The van der Waals surface area contributed by atoms with Gasteiger partial charge in [0.15, 0.2) is 5.96 Å². The Balaban J connectivity index is 1.81. The van der Waals surface area contributed by atoms with E-state index in [0.717, 1.165) is 6.42 Å². The van der Waals surface area contributed by atoms with Crippen molar-refractivity contribution in [3.8, 4) is 0 Å². The molecule has 2 aliphatic rings. The van der Waals surface area contributed by atoms with Gasteiger partial charge in [-0.1, -0.05) is 13.3 Å². The van der Waals surface area contributed by atoms with E-state index in [1.165, 1.54) is 0 Å². The predicted octanol–water partition coefficient (Wildman–Crippen LogP) is 2.31. The lowest BCUT2D eigenvalue weighted by Crippen LogP contribution is -2.53. The van der Waals surface area contributed by atoms with Crippen molar-refractivity contribution in [3.05, 3.63) is 0 Å². The number of hydrogen-bond acceptors (Lipinski definition) is 2. The second-order valence-corrected chi connectivity index (χ2v) is 6.48. The molecule has 0 amide bonds. The largest absolute Gasteiger partial charge is 0.391 e. The van der Waals surface area contributed by atoms with Crippen molar-refractivity contribution >= 4 is 5.96 Å². The number of alkyl halides is 3. The summed E-state index contributed by atoms with van der Waals surface area (Å²) in [4.78, 5) is 4.10. The lowest BCUT2D eigenvalue weighted by Gasteiger charge is -2.39. The van der Waals surface area contributed by atoms with Crippen LogP contribution in [0.3, 0.4) is 0 Å². The van der Waals surface area contributed by atoms with E-state index in [9.17, 15) is 13.2 Å². The molecule has 0 aromatic rings. The molecule has 1 aliphatic heterocycles. The molecule has 21 heavy (non-hydrogen) atoms. The SMILES string of the molecule is CN=C(NCC1(C)COC1)NC1CCCC(C(F)(F)F)C1. The first-order chi connectivity index (χ1) is 9.82. The summed E-state index contributed by atoms with van der Waals surface area (Å²) < 4.78 is 43.6. The van der Waals surface area contributed by atoms with Crippen LogP contribution in [0.2, 0.25) is 0 Å². The molecule has 7 heteroatoms. The van der Waals surface area contributed by atoms with Crippen molar-refractivity contribution < 1.29 is 17.9 Å². The van der Waals surface area contributed by atoms with Gasteiger partial charge in [-0.2, -0.15) is 13.2 Å². The highest BCUT2D eigenvalue weighted by Crippen LogP contribution is 2.37. The highest BCUT2D eigenvalue weighted by Gasteiger charge is 2.42. The van der Waals surface area contributed by atoms with Gasteiger partial charge in [0, 0.05) is 25.0 Å². The van der Waals surface area contributed by atoms with E-state index in [1.54, 1.807) is 7.05 Å². The molecule has 2 rings (SSSR count). The standard InChI is InChI=1S/C14H24F3N3O/c1-13(8-21-9-13)7-19-12(18-2)20-11-5-3-4-10(6-11)14(15,16)17/h10-11H,3-9H2,1-2H3,(H2,18,19,20). The Morgan fingerprint density at radius 3 is 2.57 bits per heavy atom. The third-order valence-corrected chi connectivity index (χ3v) is 4.29. The number of rotatable bonds is 3. The van der Waals surface area contributed by atoms with E-state index < -0.39 is 12.1 Å². The Morgan fingerprint density at radius 2 is 2.05 bits per heavy atom. The molecule has 1 saturated heterocycles. The number of ether oxygens (including phenoxy) is 1. The lowest BCUT2D eigenvalue weighted by molar-refractivity contribution is -0.183. The minimum atomic E-state index is -4.09. The first-order valence-electron chi connectivity index (χ1n) is 7.44. The third kappa shape index (κ3) is 4.49. The zero-order chi connectivity index (χ0) is 15.5. The van der Waals surface area contributed by atoms with E-state index >= 15 is 0 Å². The molecule has 1 aliphatic carbocycles. The van der Waals surface area contributed by atoms with E-state index in [2.05, 4.69) is 22.5 Å². The first kappa shape index (κ1) is 16.4. The smallest absolute Gasteiger partial charge is 0.380 e. The van der Waals surface area contributed by atoms with Crippen molar-refractivity contribution in [3.63, 3.8) is 0 Å². The van der Waals surface area contributed by atoms with Crippen LogP contribution in [0.25, 0.3) is 0 Å². The predicted molar refractivity (Wildman–Crippen MR) is 75.2 cm³/mol. The molecule has 0 bridgehead atoms. The number of hydrogen-bond donors (Lipinski definition) is 2. The van der Waals surface area contributed by atoms with E-state index in [-0.39, 0.29) is 24.3 Å². The summed E-state index contributed by atoms with van der Waals surface area (Å²) in [6, 6.07) is -0.165. The van der Waals surface area contributed by atoms with Gasteiger partial charge in [-0.15, -0.1) is 0 Å². The van der Waals surface area contributed by atoms with Gasteiger partial charge in [0.1, 0.15) is 0 Å². The van der Waals surface area contributed by atoms with Crippen LogP contribution in [-0.2, 0) is 4.74 Å². The van der Waals surface area contributed by atoms with Crippen molar-refractivity contribution in [1.29, 1.82) is 0 Å². The molecule has 1 heterocycles. The second kappa shape index (κ2) is 6.42. The average Bonchev–Trinajstić information content (AvgIpc) is 2.40. The topological polar surface area (TPSA) is 45.7 Å². The van der Waals surface area contributed by atoms with Gasteiger partial charge in [0.05, 0.1) is 19.1 Å². The van der Waals surface area contributed by atoms with Crippen molar-refractivity contribution in [2.45, 2.75) is 44.8 Å². The second-order valence-electron chi connectivity index (χ2n) is 6.48. The van der Waals surface area contributed by atoms with Crippen LogP contribution < -0.4 is 10.6 Å². The zero-order valence-corrected chi connectivity index (χ0v) is 12.6. The van der Waals surface area contributed by atoms with Gasteiger partial charge in [-0.3, -0.25) is 4.99 Å². The molecule has 2 unspecified atom stereocenters. The molecule has 4 nitrogen and oxygen atoms in total. The molecule has 1 saturated carbocycles. The summed E-state index contributed by atoms with van der Waals surface area (Å²) >= 11 is 0. The monoisotopic (exact) mass is 307 g/mol. The van der Waals surface area contributed by atoms with Crippen molar-refractivity contribution in [1.82, 2.24) is 10.6 Å². The fourth-order valence-corrected chi connectivity index (χ4v) is 2.86. The van der Waals surface area contributed by atoms with Crippen LogP contribution >= 0.6 is 0 Å². The van der Waals surface area contributed by atoms with E-state index in [4.69, 9.17) is 4.74 Å². The highest BCUT2D eigenvalue weighted by molar-refractivity contribution is 5.80. The van der Waals surface area contributed by atoms with Gasteiger partial charge in [-0.25, -0.2) is 0 Å². The fourth-order valence-electron chi connectivity index (χ4n) is 2.86. The normalized spacial score (nSPS) is 29.7. The van der Waals surface area contributed by atoms with Crippen molar-refractivity contribution in [2.24, 2.45) is 16.3 Å². The molecule has 0 aromatic heterocycles. The Morgan fingerprint density at radius 1 is 1.33 bits per heavy atom. The maximum absolute atomic E-state index is 12.8. The first-order valence-corrected chi connectivity index (χ1v) is 7.44. The Kier molecular flexibility index (Phi) is 5.01. The molecular weight excluding hydrogens is 283 g/mol.